The summed E-state index contributed by atoms with van der Waals surface area (Å²) < 4.78 is 18.4. The van der Waals surface area contributed by atoms with E-state index >= 15 is 0 Å². The second-order valence-electron chi connectivity index (χ2n) is 3.79. The molecule has 0 saturated carbocycles. The van der Waals surface area contributed by atoms with Crippen LogP contribution in [-0.2, 0) is 0 Å². The maximum Gasteiger partial charge on any atom is 0.167 e. The van der Waals surface area contributed by atoms with Gasteiger partial charge in [-0.05, 0) is 13.3 Å². The molecule has 1 unspecified atom stereocenters. The number of anilines is 2. The summed E-state index contributed by atoms with van der Waals surface area (Å²) in [5.41, 5.74) is 1.70. The molecule has 1 aromatic carbocycles. The number of methoxy groups -OCH3 is 1. The van der Waals surface area contributed by atoms with Crippen LogP contribution >= 0.6 is 0 Å². The second-order valence-corrected chi connectivity index (χ2v) is 3.79. The smallest absolute Gasteiger partial charge is 0.167 e. The highest BCUT2D eigenvalue weighted by atomic mass is 19.1. The number of benzene rings is 1. The first kappa shape index (κ1) is 10.1. The Balaban J connectivity index is 2.40. The predicted molar refractivity (Wildman–Crippen MR) is 59.1 cm³/mol. The van der Waals surface area contributed by atoms with Gasteiger partial charge in [0.05, 0.1) is 18.5 Å². The van der Waals surface area contributed by atoms with Gasteiger partial charge in [0, 0.05) is 24.7 Å². The maximum absolute atomic E-state index is 13.4. The molecule has 1 heterocycles. The van der Waals surface area contributed by atoms with Crippen molar-refractivity contribution in [3.63, 3.8) is 0 Å². The Morgan fingerprint density at radius 3 is 2.93 bits per heavy atom. The van der Waals surface area contributed by atoms with Gasteiger partial charge < -0.3 is 15.4 Å². The molecule has 2 rings (SSSR count). The molecule has 1 aromatic rings. The van der Waals surface area contributed by atoms with Crippen LogP contribution in [0.5, 0.6) is 5.75 Å². The average Bonchev–Trinajstić information content (AvgIpc) is 2.37. The molecule has 0 aliphatic carbocycles. The van der Waals surface area contributed by atoms with Crippen molar-refractivity contribution in [2.45, 2.75) is 19.4 Å². The molecule has 1 atom stereocenters. The van der Waals surface area contributed by atoms with Crippen molar-refractivity contribution in [3.05, 3.63) is 17.9 Å². The molecule has 0 bridgehead atoms. The van der Waals surface area contributed by atoms with Gasteiger partial charge in [-0.25, -0.2) is 4.39 Å². The molecule has 0 spiro atoms. The molecule has 1 aliphatic heterocycles. The largest absolute Gasteiger partial charge is 0.494 e. The van der Waals surface area contributed by atoms with E-state index in [9.17, 15) is 4.39 Å². The normalized spacial score (nSPS) is 19.5. The lowest BCUT2D eigenvalue weighted by Gasteiger charge is -2.13. The lowest BCUT2D eigenvalue weighted by Crippen LogP contribution is -2.14. The van der Waals surface area contributed by atoms with E-state index in [1.807, 2.05) is 0 Å². The van der Waals surface area contributed by atoms with E-state index < -0.39 is 0 Å². The predicted octanol–water partition coefficient (Wildman–Crippen LogP) is 2.45. The first-order valence-electron chi connectivity index (χ1n) is 5.08. The number of hydrogen-bond acceptors (Lipinski definition) is 3. The summed E-state index contributed by atoms with van der Waals surface area (Å²) >= 11 is 0. The van der Waals surface area contributed by atoms with Crippen molar-refractivity contribution in [1.82, 2.24) is 0 Å². The summed E-state index contributed by atoms with van der Waals surface area (Å²) in [5.74, 6) is -0.0581. The third-order valence-electron chi connectivity index (χ3n) is 2.59. The van der Waals surface area contributed by atoms with Crippen LogP contribution in [-0.4, -0.2) is 19.7 Å². The molecule has 15 heavy (non-hydrogen) atoms. The van der Waals surface area contributed by atoms with E-state index in [1.165, 1.54) is 13.2 Å². The monoisotopic (exact) mass is 210 g/mol. The topological polar surface area (TPSA) is 33.3 Å². The van der Waals surface area contributed by atoms with Crippen molar-refractivity contribution >= 4 is 11.4 Å². The maximum atomic E-state index is 13.4. The van der Waals surface area contributed by atoms with Crippen LogP contribution in [0.1, 0.15) is 13.3 Å². The van der Waals surface area contributed by atoms with Gasteiger partial charge in [0.25, 0.3) is 0 Å². The minimum absolute atomic E-state index is 0.275. The fourth-order valence-electron chi connectivity index (χ4n) is 1.74. The fraction of sp³-hybridized carbons (Fsp3) is 0.455. The van der Waals surface area contributed by atoms with Gasteiger partial charge in [0.2, 0.25) is 0 Å². The lowest BCUT2D eigenvalue weighted by atomic mass is 10.2. The van der Waals surface area contributed by atoms with Crippen LogP contribution in [0.4, 0.5) is 15.8 Å². The Morgan fingerprint density at radius 1 is 1.40 bits per heavy atom. The average molecular weight is 210 g/mol. The molecule has 2 N–H and O–H groups in total. The number of fused-ring (bicyclic) bond motifs is 1. The molecule has 3 nitrogen and oxygen atoms in total. The Morgan fingerprint density at radius 2 is 2.20 bits per heavy atom. The van der Waals surface area contributed by atoms with Gasteiger partial charge in [-0.15, -0.1) is 0 Å². The van der Waals surface area contributed by atoms with Crippen LogP contribution in [0, 0.1) is 5.82 Å². The molecule has 0 saturated heterocycles. The molecule has 0 aromatic heterocycles. The minimum Gasteiger partial charge on any atom is -0.494 e. The van der Waals surface area contributed by atoms with Gasteiger partial charge in [0.15, 0.2) is 11.6 Å². The lowest BCUT2D eigenvalue weighted by molar-refractivity contribution is 0.387. The van der Waals surface area contributed by atoms with Gasteiger partial charge in [0.1, 0.15) is 0 Å². The van der Waals surface area contributed by atoms with Crippen molar-refractivity contribution in [3.8, 4) is 5.75 Å². The molecule has 1 aliphatic rings. The highest BCUT2D eigenvalue weighted by molar-refractivity contribution is 5.72. The zero-order chi connectivity index (χ0) is 10.8. The Bertz CT molecular complexity index is 368. The highest BCUT2D eigenvalue weighted by Gasteiger charge is 2.15. The number of rotatable bonds is 1. The summed E-state index contributed by atoms with van der Waals surface area (Å²) in [6.45, 7) is 2.96. The minimum atomic E-state index is -0.333. The molecule has 82 valence electrons. The Kier molecular flexibility index (Phi) is 2.66. The SMILES string of the molecule is COc1cc2c(cc1F)NCCC(C)N2. The van der Waals surface area contributed by atoms with E-state index in [4.69, 9.17) is 4.74 Å². The summed E-state index contributed by atoms with van der Waals surface area (Å²) in [4.78, 5) is 0. The van der Waals surface area contributed by atoms with Crippen LogP contribution in [0.25, 0.3) is 0 Å². The standard InChI is InChI=1S/C11H15FN2O/c1-7-3-4-13-9-5-8(12)11(15-2)6-10(9)14-7/h5-7,13-14H,3-4H2,1-2H3. The van der Waals surface area contributed by atoms with Crippen molar-refractivity contribution in [1.29, 1.82) is 0 Å². The quantitative estimate of drug-likeness (QED) is 0.747. The van der Waals surface area contributed by atoms with Crippen molar-refractivity contribution in [2.24, 2.45) is 0 Å². The van der Waals surface area contributed by atoms with Crippen LogP contribution < -0.4 is 15.4 Å². The van der Waals surface area contributed by atoms with Crippen LogP contribution in [0.15, 0.2) is 12.1 Å². The van der Waals surface area contributed by atoms with E-state index in [2.05, 4.69) is 17.6 Å². The van der Waals surface area contributed by atoms with Crippen LogP contribution in [0.3, 0.4) is 0 Å². The number of ether oxygens (including phenoxy) is 1. The first-order valence-corrected chi connectivity index (χ1v) is 5.08. The Hall–Kier alpha value is -1.45. The van der Waals surface area contributed by atoms with Gasteiger partial charge >= 0.3 is 0 Å². The summed E-state index contributed by atoms with van der Waals surface area (Å²) in [5, 5.41) is 6.50. The molecular weight excluding hydrogens is 195 g/mol. The number of halogens is 1. The molecular formula is C11H15FN2O. The first-order chi connectivity index (χ1) is 7.20. The van der Waals surface area contributed by atoms with E-state index in [0.29, 0.717) is 6.04 Å². The zero-order valence-corrected chi connectivity index (χ0v) is 8.93. The summed E-state index contributed by atoms with van der Waals surface area (Å²) in [6, 6.07) is 3.55. The van der Waals surface area contributed by atoms with Gasteiger partial charge in [-0.1, -0.05) is 0 Å². The van der Waals surface area contributed by atoms with E-state index in [1.54, 1.807) is 6.07 Å². The zero-order valence-electron chi connectivity index (χ0n) is 8.93. The summed E-state index contributed by atoms with van der Waals surface area (Å²) in [7, 11) is 1.47. The molecule has 0 radical (unpaired) electrons. The van der Waals surface area contributed by atoms with Gasteiger partial charge in [-0.3, -0.25) is 0 Å². The number of nitrogens with one attached hydrogen (secondary N) is 2. The van der Waals surface area contributed by atoms with Crippen LogP contribution in [0.2, 0.25) is 0 Å². The fourth-order valence-corrected chi connectivity index (χ4v) is 1.74. The highest BCUT2D eigenvalue weighted by Crippen LogP contribution is 2.32. The third-order valence-corrected chi connectivity index (χ3v) is 2.59. The summed E-state index contributed by atoms with van der Waals surface area (Å²) in [6.07, 6.45) is 1.01. The third kappa shape index (κ3) is 1.98. The van der Waals surface area contributed by atoms with Gasteiger partial charge in [-0.2, -0.15) is 0 Å². The van der Waals surface area contributed by atoms with Crippen molar-refractivity contribution < 1.29 is 9.13 Å². The molecule has 0 amide bonds. The molecule has 0 fully saturated rings. The van der Waals surface area contributed by atoms with E-state index in [-0.39, 0.29) is 11.6 Å². The van der Waals surface area contributed by atoms with Crippen molar-refractivity contribution in [2.75, 3.05) is 24.3 Å². The number of hydrogen-bond donors (Lipinski definition) is 2. The second kappa shape index (κ2) is 3.96. The molecule has 4 heteroatoms. The Labute approximate surface area is 88.6 Å². The van der Waals surface area contributed by atoms with E-state index in [0.717, 1.165) is 24.3 Å².